The van der Waals surface area contributed by atoms with Gasteiger partial charge in [-0.05, 0) is 25.3 Å². The van der Waals surface area contributed by atoms with Crippen LogP contribution in [-0.4, -0.2) is 22.9 Å². The number of amides is 1. The molecule has 1 unspecified atom stereocenters. The molecular formula is C14H22ClN3O3. The van der Waals surface area contributed by atoms with E-state index >= 15 is 0 Å². The van der Waals surface area contributed by atoms with E-state index in [1.54, 1.807) is 19.1 Å². The molecule has 0 fully saturated rings. The average Bonchev–Trinajstić information content (AvgIpc) is 2.39. The van der Waals surface area contributed by atoms with Crippen LogP contribution in [0.2, 0.25) is 0 Å². The highest BCUT2D eigenvalue weighted by atomic mass is 35.5. The van der Waals surface area contributed by atoms with Gasteiger partial charge in [0, 0.05) is 18.7 Å². The van der Waals surface area contributed by atoms with Crippen molar-refractivity contribution < 1.29 is 9.72 Å². The van der Waals surface area contributed by atoms with Crippen LogP contribution in [0.5, 0.6) is 0 Å². The molecule has 21 heavy (non-hydrogen) atoms. The Bertz CT molecular complexity index is 475. The van der Waals surface area contributed by atoms with Crippen LogP contribution in [0.15, 0.2) is 24.3 Å². The van der Waals surface area contributed by atoms with E-state index in [1.807, 2.05) is 6.92 Å². The topological polar surface area (TPSA) is 98.3 Å². The van der Waals surface area contributed by atoms with Crippen molar-refractivity contribution in [2.75, 3.05) is 6.54 Å². The van der Waals surface area contributed by atoms with Crippen LogP contribution in [0, 0.1) is 10.1 Å². The maximum atomic E-state index is 11.9. The number of nitro benzene ring substituents is 1. The normalized spacial score (nSPS) is 12.9. The quantitative estimate of drug-likeness (QED) is 0.595. The number of non-ortho nitro benzene ring substituents is 1. The van der Waals surface area contributed by atoms with Gasteiger partial charge in [0.1, 0.15) is 0 Å². The molecule has 0 spiro atoms. The summed E-state index contributed by atoms with van der Waals surface area (Å²) in [6.07, 6.45) is 2.10. The van der Waals surface area contributed by atoms with Crippen molar-refractivity contribution in [1.82, 2.24) is 5.32 Å². The molecule has 0 aliphatic rings. The molecule has 1 amide bonds. The Balaban J connectivity index is 0.00000400. The van der Waals surface area contributed by atoms with Crippen LogP contribution in [-0.2, 0) is 11.2 Å². The van der Waals surface area contributed by atoms with E-state index in [4.69, 9.17) is 5.73 Å². The number of benzene rings is 1. The van der Waals surface area contributed by atoms with Gasteiger partial charge in [0.15, 0.2) is 0 Å². The Morgan fingerprint density at radius 3 is 2.43 bits per heavy atom. The lowest BCUT2D eigenvalue weighted by atomic mass is 9.96. The Labute approximate surface area is 130 Å². The van der Waals surface area contributed by atoms with Crippen LogP contribution in [0.25, 0.3) is 0 Å². The number of halogens is 1. The molecule has 0 heterocycles. The van der Waals surface area contributed by atoms with E-state index in [2.05, 4.69) is 5.32 Å². The zero-order valence-corrected chi connectivity index (χ0v) is 13.1. The van der Waals surface area contributed by atoms with Gasteiger partial charge in [-0.25, -0.2) is 0 Å². The largest absolute Gasteiger partial charge is 0.354 e. The first-order valence-corrected chi connectivity index (χ1v) is 6.67. The third-order valence-corrected chi connectivity index (χ3v) is 3.13. The number of nitrogens with two attached hydrogens (primary N) is 1. The maximum absolute atomic E-state index is 11.9. The molecule has 0 aliphatic carbocycles. The van der Waals surface area contributed by atoms with Gasteiger partial charge in [0.25, 0.3) is 5.69 Å². The highest BCUT2D eigenvalue weighted by molar-refractivity contribution is 5.85. The van der Waals surface area contributed by atoms with Crippen molar-refractivity contribution in [3.05, 3.63) is 39.9 Å². The minimum atomic E-state index is -0.843. The van der Waals surface area contributed by atoms with Gasteiger partial charge in [0.05, 0.1) is 10.5 Å². The lowest BCUT2D eigenvalue weighted by molar-refractivity contribution is -0.384. The van der Waals surface area contributed by atoms with Crippen molar-refractivity contribution in [3.8, 4) is 0 Å². The Kier molecular flexibility index (Phi) is 7.91. The summed E-state index contributed by atoms with van der Waals surface area (Å²) in [6, 6.07) is 6.30. The summed E-state index contributed by atoms with van der Waals surface area (Å²) in [6.45, 7) is 4.17. The predicted octanol–water partition coefficient (Wildman–Crippen LogP) is 2.19. The minimum absolute atomic E-state index is 0. The number of nitrogens with zero attached hydrogens (tertiary/aromatic N) is 1. The maximum Gasteiger partial charge on any atom is 0.269 e. The van der Waals surface area contributed by atoms with Gasteiger partial charge in [0.2, 0.25) is 5.91 Å². The summed E-state index contributed by atoms with van der Waals surface area (Å²) in [4.78, 5) is 22.0. The molecule has 0 aromatic heterocycles. The lowest BCUT2D eigenvalue weighted by Crippen LogP contribution is -2.51. The predicted molar refractivity (Wildman–Crippen MR) is 84.6 cm³/mol. The molecule has 0 radical (unpaired) electrons. The summed E-state index contributed by atoms with van der Waals surface area (Å²) in [7, 11) is 0. The molecule has 1 aromatic rings. The molecular weight excluding hydrogens is 294 g/mol. The van der Waals surface area contributed by atoms with E-state index in [9.17, 15) is 14.9 Å². The van der Waals surface area contributed by atoms with Crippen molar-refractivity contribution in [3.63, 3.8) is 0 Å². The summed E-state index contributed by atoms with van der Waals surface area (Å²) < 4.78 is 0. The monoisotopic (exact) mass is 315 g/mol. The van der Waals surface area contributed by atoms with Crippen LogP contribution >= 0.6 is 12.4 Å². The number of carbonyl (C=O) groups excluding carboxylic acids is 1. The van der Waals surface area contributed by atoms with Crippen LogP contribution < -0.4 is 11.1 Å². The molecule has 118 valence electrons. The fourth-order valence-electron chi connectivity index (χ4n) is 1.94. The number of nitrogens with one attached hydrogen (secondary N) is 1. The van der Waals surface area contributed by atoms with Crippen LogP contribution in [0.1, 0.15) is 32.3 Å². The number of carbonyl (C=O) groups is 1. The molecule has 0 aliphatic heterocycles. The van der Waals surface area contributed by atoms with E-state index in [0.29, 0.717) is 19.4 Å². The molecule has 1 atom stereocenters. The standard InChI is InChI=1S/C14H21N3O3.ClH/c1-3-9-14(2,15)13(18)16-10-8-11-4-6-12(7-5-11)17(19)20;/h4-7H,3,8-10,15H2,1-2H3,(H,16,18);1H. The molecule has 3 N–H and O–H groups in total. The van der Waals surface area contributed by atoms with E-state index < -0.39 is 10.5 Å². The first-order chi connectivity index (χ1) is 9.36. The number of nitro groups is 1. The van der Waals surface area contributed by atoms with Crippen molar-refractivity contribution in [1.29, 1.82) is 0 Å². The second-order valence-electron chi connectivity index (χ2n) is 5.10. The first-order valence-electron chi connectivity index (χ1n) is 6.67. The number of hydrogen-bond acceptors (Lipinski definition) is 4. The van der Waals surface area contributed by atoms with Gasteiger partial charge in [-0.1, -0.05) is 25.5 Å². The smallest absolute Gasteiger partial charge is 0.269 e. The van der Waals surface area contributed by atoms with Crippen LogP contribution in [0.4, 0.5) is 5.69 Å². The first kappa shape index (κ1) is 19.3. The van der Waals surface area contributed by atoms with Gasteiger partial charge in [-0.15, -0.1) is 12.4 Å². The van der Waals surface area contributed by atoms with E-state index in [-0.39, 0.29) is 24.0 Å². The molecule has 7 heteroatoms. The number of rotatable bonds is 7. The van der Waals surface area contributed by atoms with Crippen LogP contribution in [0.3, 0.4) is 0 Å². The zero-order valence-electron chi connectivity index (χ0n) is 12.3. The molecule has 0 saturated heterocycles. The lowest BCUT2D eigenvalue weighted by Gasteiger charge is -2.22. The highest BCUT2D eigenvalue weighted by Gasteiger charge is 2.26. The third kappa shape index (κ3) is 6.10. The molecule has 0 saturated carbocycles. The van der Waals surface area contributed by atoms with Crippen molar-refractivity contribution in [2.45, 2.75) is 38.6 Å². The summed E-state index contributed by atoms with van der Waals surface area (Å²) >= 11 is 0. The molecule has 1 aromatic carbocycles. The number of hydrogen-bond donors (Lipinski definition) is 2. The minimum Gasteiger partial charge on any atom is -0.354 e. The molecule has 0 bridgehead atoms. The second-order valence-corrected chi connectivity index (χ2v) is 5.10. The Hall–Kier alpha value is -1.66. The van der Waals surface area contributed by atoms with Crippen molar-refractivity contribution in [2.24, 2.45) is 5.73 Å². The fourth-order valence-corrected chi connectivity index (χ4v) is 1.94. The third-order valence-electron chi connectivity index (χ3n) is 3.13. The molecule has 6 nitrogen and oxygen atoms in total. The fraction of sp³-hybridized carbons (Fsp3) is 0.500. The van der Waals surface area contributed by atoms with Gasteiger partial charge in [-0.3, -0.25) is 14.9 Å². The summed E-state index contributed by atoms with van der Waals surface area (Å²) in [5.41, 5.74) is 6.07. The summed E-state index contributed by atoms with van der Waals surface area (Å²) in [5, 5.41) is 13.3. The van der Waals surface area contributed by atoms with E-state index in [0.717, 1.165) is 12.0 Å². The van der Waals surface area contributed by atoms with Gasteiger partial charge >= 0.3 is 0 Å². The van der Waals surface area contributed by atoms with Gasteiger partial charge < -0.3 is 11.1 Å². The zero-order chi connectivity index (χ0) is 15.2. The SMILES string of the molecule is CCCC(C)(N)C(=O)NCCc1ccc([N+](=O)[O-])cc1.Cl. The molecule has 1 rings (SSSR count). The van der Waals surface area contributed by atoms with E-state index in [1.165, 1.54) is 12.1 Å². The Morgan fingerprint density at radius 1 is 1.38 bits per heavy atom. The highest BCUT2D eigenvalue weighted by Crippen LogP contribution is 2.12. The second kappa shape index (κ2) is 8.59. The van der Waals surface area contributed by atoms with Crippen molar-refractivity contribution >= 4 is 24.0 Å². The Morgan fingerprint density at radius 2 is 1.95 bits per heavy atom. The summed E-state index contributed by atoms with van der Waals surface area (Å²) in [5.74, 6) is -0.165. The average molecular weight is 316 g/mol. The van der Waals surface area contributed by atoms with Gasteiger partial charge in [-0.2, -0.15) is 0 Å².